The van der Waals surface area contributed by atoms with Gasteiger partial charge < -0.3 is 10.4 Å². The van der Waals surface area contributed by atoms with Crippen LogP contribution < -0.4 is 5.32 Å². The Morgan fingerprint density at radius 1 is 1.19 bits per heavy atom. The first kappa shape index (κ1) is 14.5. The summed E-state index contributed by atoms with van der Waals surface area (Å²) in [5.41, 5.74) is 0.986. The number of carboxylic acids is 1. The maximum absolute atomic E-state index is 11.0. The van der Waals surface area contributed by atoms with Gasteiger partial charge >= 0.3 is 5.97 Å². The lowest BCUT2D eigenvalue weighted by molar-refractivity contribution is -0.385. The number of rotatable bonds is 6. The van der Waals surface area contributed by atoms with E-state index in [9.17, 15) is 14.9 Å². The molecule has 21 heavy (non-hydrogen) atoms. The zero-order chi connectivity index (χ0) is 15.2. The van der Waals surface area contributed by atoms with E-state index in [1.54, 1.807) is 0 Å². The molecular formula is C15H14N2O4. The highest BCUT2D eigenvalue weighted by Gasteiger charge is 2.19. The fourth-order valence-corrected chi connectivity index (χ4v) is 1.97. The zero-order valence-corrected chi connectivity index (χ0v) is 11.2. The fourth-order valence-electron chi connectivity index (χ4n) is 1.97. The molecule has 0 unspecified atom stereocenters. The molecule has 0 atom stereocenters. The summed E-state index contributed by atoms with van der Waals surface area (Å²) in [6, 6.07) is 13.8. The Balaban J connectivity index is 2.05. The van der Waals surface area contributed by atoms with Crippen LogP contribution in [0.5, 0.6) is 0 Å². The van der Waals surface area contributed by atoms with Gasteiger partial charge in [0.2, 0.25) is 0 Å². The Morgan fingerprint density at radius 2 is 1.90 bits per heavy atom. The average Bonchev–Trinajstić information content (AvgIpc) is 2.48. The number of aromatic carboxylic acids is 1. The Kier molecular flexibility index (Phi) is 4.50. The van der Waals surface area contributed by atoms with Gasteiger partial charge in [0.05, 0.1) is 4.92 Å². The molecular weight excluding hydrogens is 272 g/mol. The maximum atomic E-state index is 11.0. The SMILES string of the molecule is O=C(O)c1cc(NCCc2ccccc2)ccc1[N+](=O)[O-]. The predicted octanol–water partition coefficient (Wildman–Crippen LogP) is 2.95. The molecule has 108 valence electrons. The van der Waals surface area contributed by atoms with E-state index in [4.69, 9.17) is 5.11 Å². The summed E-state index contributed by atoms with van der Waals surface area (Å²) in [6.45, 7) is 0.612. The lowest BCUT2D eigenvalue weighted by Crippen LogP contribution is -2.07. The van der Waals surface area contributed by atoms with Crippen molar-refractivity contribution < 1.29 is 14.8 Å². The molecule has 0 aromatic heterocycles. The summed E-state index contributed by atoms with van der Waals surface area (Å²) in [5.74, 6) is -1.31. The van der Waals surface area contributed by atoms with Gasteiger partial charge in [0.25, 0.3) is 5.69 Å². The minimum Gasteiger partial charge on any atom is -0.477 e. The summed E-state index contributed by atoms with van der Waals surface area (Å²) < 4.78 is 0. The smallest absolute Gasteiger partial charge is 0.342 e. The largest absolute Gasteiger partial charge is 0.477 e. The topological polar surface area (TPSA) is 92.5 Å². The monoisotopic (exact) mass is 286 g/mol. The van der Waals surface area contributed by atoms with Crippen LogP contribution in [0.25, 0.3) is 0 Å². The van der Waals surface area contributed by atoms with E-state index < -0.39 is 16.6 Å². The molecule has 6 nitrogen and oxygen atoms in total. The van der Waals surface area contributed by atoms with Crippen molar-refractivity contribution in [1.82, 2.24) is 0 Å². The summed E-state index contributed by atoms with van der Waals surface area (Å²) in [7, 11) is 0. The van der Waals surface area contributed by atoms with Gasteiger partial charge in [0, 0.05) is 18.3 Å². The Morgan fingerprint density at radius 3 is 2.52 bits per heavy atom. The number of carbonyl (C=O) groups is 1. The first-order valence-corrected chi connectivity index (χ1v) is 6.37. The van der Waals surface area contributed by atoms with Gasteiger partial charge in [-0.2, -0.15) is 0 Å². The molecule has 0 bridgehead atoms. The molecule has 2 aromatic rings. The number of nitrogens with zero attached hydrogens (tertiary/aromatic N) is 1. The zero-order valence-electron chi connectivity index (χ0n) is 11.2. The number of nitrogens with one attached hydrogen (secondary N) is 1. The van der Waals surface area contributed by atoms with E-state index in [-0.39, 0.29) is 5.56 Å². The number of hydrogen-bond donors (Lipinski definition) is 2. The number of hydrogen-bond acceptors (Lipinski definition) is 4. The third-order valence-electron chi connectivity index (χ3n) is 3.01. The molecule has 0 fully saturated rings. The lowest BCUT2D eigenvalue weighted by atomic mass is 10.1. The second kappa shape index (κ2) is 6.51. The van der Waals surface area contributed by atoms with Crippen molar-refractivity contribution in [2.45, 2.75) is 6.42 Å². The highest BCUT2D eigenvalue weighted by molar-refractivity contribution is 5.93. The van der Waals surface area contributed by atoms with E-state index >= 15 is 0 Å². The number of nitro benzene ring substituents is 1. The van der Waals surface area contributed by atoms with Crippen LogP contribution in [0.2, 0.25) is 0 Å². The van der Waals surface area contributed by atoms with Crippen molar-refractivity contribution in [3.8, 4) is 0 Å². The van der Waals surface area contributed by atoms with Crippen molar-refractivity contribution in [2.75, 3.05) is 11.9 Å². The predicted molar refractivity (Wildman–Crippen MR) is 78.7 cm³/mol. The van der Waals surface area contributed by atoms with Gasteiger partial charge in [0.15, 0.2) is 0 Å². The van der Waals surface area contributed by atoms with E-state index in [0.29, 0.717) is 12.2 Å². The van der Waals surface area contributed by atoms with Crippen LogP contribution in [0.15, 0.2) is 48.5 Å². The Bertz CT molecular complexity index is 656. The number of benzene rings is 2. The van der Waals surface area contributed by atoms with Crippen LogP contribution in [-0.2, 0) is 6.42 Å². The molecule has 0 spiro atoms. The van der Waals surface area contributed by atoms with Crippen molar-refractivity contribution in [1.29, 1.82) is 0 Å². The normalized spacial score (nSPS) is 10.1. The minimum atomic E-state index is -1.31. The van der Waals surface area contributed by atoms with Gasteiger partial charge in [-0.3, -0.25) is 10.1 Å². The van der Waals surface area contributed by atoms with Gasteiger partial charge in [-0.05, 0) is 24.1 Å². The molecule has 0 radical (unpaired) electrons. The molecule has 0 saturated carbocycles. The second-order valence-corrected chi connectivity index (χ2v) is 4.46. The third kappa shape index (κ3) is 3.79. The standard InChI is InChI=1S/C15H14N2O4/c18-15(19)13-10-12(6-7-14(13)17(20)21)16-9-8-11-4-2-1-3-5-11/h1-7,10,16H,8-9H2,(H,18,19). The highest BCUT2D eigenvalue weighted by Crippen LogP contribution is 2.22. The van der Waals surface area contributed by atoms with E-state index in [0.717, 1.165) is 12.0 Å². The molecule has 2 N–H and O–H groups in total. The fraction of sp³-hybridized carbons (Fsp3) is 0.133. The van der Waals surface area contributed by atoms with Crippen LogP contribution in [-0.4, -0.2) is 22.5 Å². The average molecular weight is 286 g/mol. The molecule has 0 aliphatic rings. The van der Waals surface area contributed by atoms with E-state index in [1.165, 1.54) is 18.2 Å². The van der Waals surface area contributed by atoms with Crippen LogP contribution in [0.3, 0.4) is 0 Å². The molecule has 6 heteroatoms. The Hall–Kier alpha value is -2.89. The number of carboxylic acid groups (broad SMARTS) is 1. The summed E-state index contributed by atoms with van der Waals surface area (Å²) in [5, 5.41) is 22.8. The first-order valence-electron chi connectivity index (χ1n) is 6.37. The lowest BCUT2D eigenvalue weighted by Gasteiger charge is -2.07. The molecule has 0 heterocycles. The van der Waals surface area contributed by atoms with Crippen molar-refractivity contribution in [3.63, 3.8) is 0 Å². The van der Waals surface area contributed by atoms with Crippen LogP contribution >= 0.6 is 0 Å². The van der Waals surface area contributed by atoms with Gasteiger partial charge in [0.1, 0.15) is 5.56 Å². The number of nitro groups is 1. The summed E-state index contributed by atoms with van der Waals surface area (Å²) in [6.07, 6.45) is 0.778. The summed E-state index contributed by atoms with van der Waals surface area (Å²) >= 11 is 0. The molecule has 0 saturated heterocycles. The molecule has 2 rings (SSSR count). The van der Waals surface area contributed by atoms with Crippen molar-refractivity contribution >= 4 is 17.3 Å². The number of anilines is 1. The van der Waals surface area contributed by atoms with Crippen LogP contribution in [0.4, 0.5) is 11.4 Å². The molecule has 0 amide bonds. The maximum Gasteiger partial charge on any atom is 0.342 e. The van der Waals surface area contributed by atoms with Gasteiger partial charge in [-0.1, -0.05) is 30.3 Å². The molecule has 0 aliphatic carbocycles. The van der Waals surface area contributed by atoms with Crippen molar-refractivity contribution in [2.24, 2.45) is 0 Å². The van der Waals surface area contributed by atoms with Gasteiger partial charge in [-0.25, -0.2) is 4.79 Å². The van der Waals surface area contributed by atoms with E-state index in [2.05, 4.69) is 5.32 Å². The quantitative estimate of drug-likeness (QED) is 0.629. The van der Waals surface area contributed by atoms with Crippen LogP contribution in [0, 0.1) is 10.1 Å². The Labute approximate surface area is 121 Å². The highest BCUT2D eigenvalue weighted by atomic mass is 16.6. The molecule has 2 aromatic carbocycles. The van der Waals surface area contributed by atoms with Crippen molar-refractivity contribution in [3.05, 3.63) is 69.8 Å². The second-order valence-electron chi connectivity index (χ2n) is 4.46. The van der Waals surface area contributed by atoms with Crippen LogP contribution in [0.1, 0.15) is 15.9 Å². The first-order chi connectivity index (χ1) is 10.1. The minimum absolute atomic E-state index is 0.315. The third-order valence-corrected chi connectivity index (χ3v) is 3.01. The summed E-state index contributed by atoms with van der Waals surface area (Å²) in [4.78, 5) is 21.1. The van der Waals surface area contributed by atoms with E-state index in [1.807, 2.05) is 30.3 Å². The van der Waals surface area contributed by atoms with Gasteiger partial charge in [-0.15, -0.1) is 0 Å². The molecule has 0 aliphatic heterocycles.